The first-order valence-electron chi connectivity index (χ1n) is 6.16. The van der Waals surface area contributed by atoms with Crippen LogP contribution in [-0.4, -0.2) is 43.6 Å². The summed E-state index contributed by atoms with van der Waals surface area (Å²) in [6.45, 7) is 5.15. The lowest BCUT2D eigenvalue weighted by molar-refractivity contribution is -0.138. The van der Waals surface area contributed by atoms with Crippen molar-refractivity contribution in [2.24, 2.45) is 0 Å². The van der Waals surface area contributed by atoms with E-state index in [4.69, 9.17) is 5.11 Å². The molecule has 0 aromatic carbocycles. The van der Waals surface area contributed by atoms with E-state index in [1.54, 1.807) is 24.9 Å². The summed E-state index contributed by atoms with van der Waals surface area (Å²) < 4.78 is 2.01. The first kappa shape index (κ1) is 13.4. The number of nitrogens with zero attached hydrogens (tertiary/aromatic N) is 3. The number of fused-ring (bicyclic) bond motifs is 1. The van der Waals surface area contributed by atoms with Crippen LogP contribution in [0.15, 0.2) is 12.4 Å². The molecule has 1 aromatic heterocycles. The molecule has 0 unspecified atom stereocenters. The summed E-state index contributed by atoms with van der Waals surface area (Å²) in [5.74, 6) is -0.0862. The molecule has 2 heterocycles. The molecular formula is C12H18N4O3. The summed E-state index contributed by atoms with van der Waals surface area (Å²) in [7, 11) is 0. The number of carboxylic acids is 1. The van der Waals surface area contributed by atoms with Crippen LogP contribution in [0.25, 0.3) is 0 Å². The molecule has 2 rings (SSSR count). The molecule has 1 aromatic rings. The first-order chi connectivity index (χ1) is 8.87. The summed E-state index contributed by atoms with van der Waals surface area (Å²) in [5, 5.41) is 11.5. The molecular weight excluding hydrogens is 248 g/mol. The quantitative estimate of drug-likeness (QED) is 0.841. The molecule has 7 nitrogen and oxygen atoms in total. The molecule has 104 valence electrons. The van der Waals surface area contributed by atoms with Crippen molar-refractivity contribution in [3.63, 3.8) is 0 Å². The lowest BCUT2D eigenvalue weighted by atomic mass is 10.0. The minimum atomic E-state index is -0.931. The first-order valence-corrected chi connectivity index (χ1v) is 6.16. The number of aromatic nitrogens is 2. The van der Waals surface area contributed by atoms with Crippen molar-refractivity contribution in [3.8, 4) is 0 Å². The lowest BCUT2D eigenvalue weighted by Gasteiger charge is -2.32. The van der Waals surface area contributed by atoms with E-state index in [0.717, 1.165) is 5.82 Å². The number of carbonyl (C=O) groups is 2. The predicted molar refractivity (Wildman–Crippen MR) is 67.5 cm³/mol. The topological polar surface area (TPSA) is 87.5 Å². The monoisotopic (exact) mass is 266 g/mol. The highest BCUT2D eigenvalue weighted by Gasteiger charge is 2.28. The molecule has 1 aliphatic rings. The van der Waals surface area contributed by atoms with Gasteiger partial charge in [0.1, 0.15) is 5.82 Å². The van der Waals surface area contributed by atoms with Gasteiger partial charge in [-0.3, -0.25) is 4.79 Å². The smallest absolute Gasteiger partial charge is 0.318 e. The van der Waals surface area contributed by atoms with Crippen molar-refractivity contribution in [2.45, 2.75) is 38.9 Å². The number of rotatable bonds is 3. The zero-order valence-electron chi connectivity index (χ0n) is 11.1. The number of urea groups is 1. The Bertz CT molecular complexity index is 495. The summed E-state index contributed by atoms with van der Waals surface area (Å²) in [5.41, 5.74) is -0.768. The Morgan fingerprint density at radius 2 is 2.21 bits per heavy atom. The predicted octanol–water partition coefficient (Wildman–Crippen LogP) is 0.662. The zero-order chi connectivity index (χ0) is 14.0. The minimum Gasteiger partial charge on any atom is -0.481 e. The molecule has 0 saturated heterocycles. The lowest BCUT2D eigenvalue weighted by Crippen LogP contribution is -2.52. The van der Waals surface area contributed by atoms with Gasteiger partial charge in [0.2, 0.25) is 0 Å². The number of carboxylic acid groups (broad SMARTS) is 1. The van der Waals surface area contributed by atoms with Crippen LogP contribution in [-0.2, 0) is 17.9 Å². The van der Waals surface area contributed by atoms with Gasteiger partial charge in [0, 0.05) is 31.0 Å². The van der Waals surface area contributed by atoms with E-state index in [0.29, 0.717) is 19.6 Å². The molecule has 2 amide bonds. The average Bonchev–Trinajstić information content (AvgIpc) is 2.72. The van der Waals surface area contributed by atoms with Crippen molar-refractivity contribution in [2.75, 3.05) is 6.54 Å². The fourth-order valence-corrected chi connectivity index (χ4v) is 2.14. The fraction of sp³-hybridized carbons (Fsp3) is 0.583. The fourth-order valence-electron chi connectivity index (χ4n) is 2.14. The molecule has 1 aliphatic heterocycles. The molecule has 0 aliphatic carbocycles. The standard InChI is InChI=1S/C12H18N4O3/c1-12(2,7-10(17)18)14-11(19)16-6-5-15-4-3-13-9(15)8-16/h3-4H,5-8H2,1-2H3,(H,14,19)(H,17,18). The van der Waals surface area contributed by atoms with Crippen molar-refractivity contribution in [1.82, 2.24) is 19.8 Å². The van der Waals surface area contributed by atoms with Gasteiger partial charge in [-0.15, -0.1) is 0 Å². The Kier molecular flexibility index (Phi) is 3.46. The van der Waals surface area contributed by atoms with Gasteiger partial charge in [-0.1, -0.05) is 0 Å². The molecule has 0 fully saturated rings. The van der Waals surface area contributed by atoms with E-state index in [1.165, 1.54) is 0 Å². The maximum Gasteiger partial charge on any atom is 0.318 e. The number of nitrogens with one attached hydrogen (secondary N) is 1. The number of aliphatic carboxylic acids is 1. The van der Waals surface area contributed by atoms with Crippen LogP contribution in [0.1, 0.15) is 26.1 Å². The second-order valence-electron chi connectivity index (χ2n) is 5.34. The van der Waals surface area contributed by atoms with E-state index < -0.39 is 11.5 Å². The Morgan fingerprint density at radius 3 is 2.89 bits per heavy atom. The Labute approximate surface area is 111 Å². The minimum absolute atomic E-state index is 0.110. The molecule has 0 radical (unpaired) electrons. The van der Waals surface area contributed by atoms with E-state index in [-0.39, 0.29) is 12.5 Å². The van der Waals surface area contributed by atoms with E-state index in [9.17, 15) is 9.59 Å². The summed E-state index contributed by atoms with van der Waals surface area (Å²) in [4.78, 5) is 28.7. The van der Waals surface area contributed by atoms with Gasteiger partial charge >= 0.3 is 12.0 Å². The maximum atomic E-state index is 12.1. The van der Waals surface area contributed by atoms with Crippen LogP contribution in [0.4, 0.5) is 4.79 Å². The number of imidazole rings is 1. The number of hydrogen-bond acceptors (Lipinski definition) is 3. The Hall–Kier alpha value is -2.05. The molecule has 0 spiro atoms. The Morgan fingerprint density at radius 1 is 1.47 bits per heavy atom. The number of amides is 2. The highest BCUT2D eigenvalue weighted by Crippen LogP contribution is 2.13. The highest BCUT2D eigenvalue weighted by atomic mass is 16.4. The van der Waals surface area contributed by atoms with Gasteiger partial charge in [-0.25, -0.2) is 9.78 Å². The van der Waals surface area contributed by atoms with Gasteiger partial charge in [-0.2, -0.15) is 0 Å². The second kappa shape index (κ2) is 4.91. The molecule has 2 N–H and O–H groups in total. The third kappa shape index (κ3) is 3.24. The van der Waals surface area contributed by atoms with Crippen molar-refractivity contribution in [1.29, 1.82) is 0 Å². The zero-order valence-corrected chi connectivity index (χ0v) is 11.1. The van der Waals surface area contributed by atoms with Gasteiger partial charge in [0.15, 0.2) is 0 Å². The van der Waals surface area contributed by atoms with Crippen LogP contribution < -0.4 is 5.32 Å². The van der Waals surface area contributed by atoms with E-state index >= 15 is 0 Å². The summed E-state index contributed by atoms with van der Waals surface area (Å²) >= 11 is 0. The van der Waals surface area contributed by atoms with Crippen molar-refractivity contribution in [3.05, 3.63) is 18.2 Å². The molecule has 19 heavy (non-hydrogen) atoms. The summed E-state index contributed by atoms with van der Waals surface area (Å²) in [6.07, 6.45) is 3.49. The van der Waals surface area contributed by atoms with Gasteiger partial charge < -0.3 is 19.9 Å². The second-order valence-corrected chi connectivity index (χ2v) is 5.34. The molecule has 0 bridgehead atoms. The van der Waals surface area contributed by atoms with Gasteiger partial charge in [0.25, 0.3) is 0 Å². The molecule has 7 heteroatoms. The van der Waals surface area contributed by atoms with Crippen molar-refractivity contribution < 1.29 is 14.7 Å². The average molecular weight is 266 g/mol. The molecule has 0 saturated carbocycles. The third-order valence-electron chi connectivity index (χ3n) is 3.07. The number of hydrogen-bond donors (Lipinski definition) is 2. The normalized spacial score (nSPS) is 14.9. The van der Waals surface area contributed by atoms with Gasteiger partial charge in [0.05, 0.1) is 13.0 Å². The highest BCUT2D eigenvalue weighted by molar-refractivity contribution is 5.76. The van der Waals surface area contributed by atoms with Crippen LogP contribution in [0.2, 0.25) is 0 Å². The Balaban J connectivity index is 1.96. The van der Waals surface area contributed by atoms with Crippen LogP contribution in [0.3, 0.4) is 0 Å². The summed E-state index contributed by atoms with van der Waals surface area (Å²) in [6, 6.07) is -0.250. The SMILES string of the molecule is CC(C)(CC(=O)O)NC(=O)N1CCn2ccnc2C1. The van der Waals surface area contributed by atoms with Crippen molar-refractivity contribution >= 4 is 12.0 Å². The van der Waals surface area contributed by atoms with Gasteiger partial charge in [-0.05, 0) is 13.8 Å². The third-order valence-corrected chi connectivity index (χ3v) is 3.07. The van der Waals surface area contributed by atoms with E-state index in [1.807, 2.05) is 10.8 Å². The molecule has 0 atom stereocenters. The van der Waals surface area contributed by atoms with Crippen LogP contribution >= 0.6 is 0 Å². The van der Waals surface area contributed by atoms with E-state index in [2.05, 4.69) is 10.3 Å². The van der Waals surface area contributed by atoms with Crippen LogP contribution in [0.5, 0.6) is 0 Å². The largest absolute Gasteiger partial charge is 0.481 e. The maximum absolute atomic E-state index is 12.1. The number of carbonyl (C=O) groups excluding carboxylic acids is 1. The van der Waals surface area contributed by atoms with Crippen LogP contribution in [0, 0.1) is 0 Å².